The van der Waals surface area contributed by atoms with Crippen LogP contribution in [0, 0.1) is 0 Å². The third kappa shape index (κ3) is 5.44. The molecule has 0 spiro atoms. The molecule has 0 aliphatic rings. The predicted molar refractivity (Wildman–Crippen MR) is 106 cm³/mol. The van der Waals surface area contributed by atoms with E-state index in [1.807, 2.05) is 36.4 Å². The molecule has 0 aliphatic heterocycles. The van der Waals surface area contributed by atoms with E-state index in [0.29, 0.717) is 36.3 Å². The number of nitrogens with one attached hydrogen (secondary N) is 2. The number of hydrogen-bond acceptors (Lipinski definition) is 5. The van der Waals surface area contributed by atoms with Crippen molar-refractivity contribution in [3.05, 3.63) is 47.5 Å². The summed E-state index contributed by atoms with van der Waals surface area (Å²) in [6.07, 6.45) is 0. The van der Waals surface area contributed by atoms with Gasteiger partial charge < -0.3 is 29.6 Å². The van der Waals surface area contributed by atoms with Crippen LogP contribution < -0.4 is 29.6 Å². The van der Waals surface area contributed by atoms with Crippen LogP contribution in [-0.2, 0) is 13.1 Å². The van der Waals surface area contributed by atoms with Gasteiger partial charge in [-0.1, -0.05) is 12.1 Å². The number of methoxy groups -OCH3 is 4. The third-order valence-electron chi connectivity index (χ3n) is 4.09. The highest BCUT2D eigenvalue weighted by atomic mass is 16.5. The van der Waals surface area contributed by atoms with Gasteiger partial charge in [-0.05, 0) is 17.7 Å². The van der Waals surface area contributed by atoms with Gasteiger partial charge in [0.2, 0.25) is 0 Å². The molecule has 0 aromatic heterocycles. The molecule has 0 fully saturated rings. The van der Waals surface area contributed by atoms with Gasteiger partial charge in [-0.15, -0.1) is 0 Å². The van der Waals surface area contributed by atoms with E-state index in [0.717, 1.165) is 16.9 Å². The third-order valence-corrected chi connectivity index (χ3v) is 4.09. The second-order valence-electron chi connectivity index (χ2n) is 5.64. The summed E-state index contributed by atoms with van der Waals surface area (Å²) >= 11 is 0. The lowest BCUT2D eigenvalue weighted by molar-refractivity contribution is 0.368. The van der Waals surface area contributed by atoms with Crippen molar-refractivity contribution >= 4 is 5.96 Å². The maximum atomic E-state index is 5.48. The zero-order valence-electron chi connectivity index (χ0n) is 16.5. The first-order valence-electron chi connectivity index (χ1n) is 8.51. The van der Waals surface area contributed by atoms with Crippen LogP contribution >= 0.6 is 0 Å². The molecular formula is C20H27N3O4. The molecule has 0 bridgehead atoms. The van der Waals surface area contributed by atoms with Crippen LogP contribution in [0.1, 0.15) is 11.1 Å². The van der Waals surface area contributed by atoms with Crippen molar-refractivity contribution in [2.75, 3.05) is 35.5 Å². The van der Waals surface area contributed by atoms with E-state index in [1.54, 1.807) is 35.5 Å². The van der Waals surface area contributed by atoms with Crippen LogP contribution in [0.25, 0.3) is 0 Å². The summed E-state index contributed by atoms with van der Waals surface area (Å²) in [6.45, 7) is 1.12. The van der Waals surface area contributed by atoms with Gasteiger partial charge in [0.1, 0.15) is 23.0 Å². The normalized spacial score (nSPS) is 10.9. The first-order valence-corrected chi connectivity index (χ1v) is 8.51. The minimum Gasteiger partial charge on any atom is -0.497 e. The van der Waals surface area contributed by atoms with Gasteiger partial charge in [-0.25, -0.2) is 0 Å². The fourth-order valence-corrected chi connectivity index (χ4v) is 2.57. The average Bonchev–Trinajstić information content (AvgIpc) is 2.73. The highest BCUT2D eigenvalue weighted by molar-refractivity contribution is 5.79. The molecule has 0 aliphatic carbocycles. The minimum absolute atomic E-state index is 0.485. The van der Waals surface area contributed by atoms with Gasteiger partial charge in [0.15, 0.2) is 5.96 Å². The fraction of sp³-hybridized carbons (Fsp3) is 0.350. The molecule has 27 heavy (non-hydrogen) atoms. The van der Waals surface area contributed by atoms with Gasteiger partial charge >= 0.3 is 0 Å². The molecule has 0 radical (unpaired) electrons. The molecule has 0 heterocycles. The second kappa shape index (κ2) is 10.2. The number of nitrogens with zero attached hydrogens (tertiary/aromatic N) is 1. The zero-order chi connectivity index (χ0) is 19.6. The minimum atomic E-state index is 0.485. The van der Waals surface area contributed by atoms with E-state index in [4.69, 9.17) is 18.9 Å². The highest BCUT2D eigenvalue weighted by Gasteiger charge is 2.13. The number of ether oxygens (including phenoxy) is 4. The molecule has 2 aromatic carbocycles. The van der Waals surface area contributed by atoms with Crippen LogP contribution in [0.2, 0.25) is 0 Å². The molecule has 146 valence electrons. The quantitative estimate of drug-likeness (QED) is 0.547. The van der Waals surface area contributed by atoms with Crippen LogP contribution in [0.15, 0.2) is 41.4 Å². The molecule has 0 unspecified atom stereocenters. The lowest BCUT2D eigenvalue weighted by Crippen LogP contribution is -2.36. The maximum Gasteiger partial charge on any atom is 0.191 e. The number of aliphatic imine (C=N–C) groups is 1. The standard InChI is InChI=1S/C20H27N3O4/c1-21-20(22-12-14-6-8-15(24-2)9-7-14)23-13-17-18(26-4)10-16(25-3)11-19(17)27-5/h6-11H,12-13H2,1-5H3,(H2,21,22,23). The van der Waals surface area contributed by atoms with Crippen molar-refractivity contribution < 1.29 is 18.9 Å². The molecular weight excluding hydrogens is 346 g/mol. The van der Waals surface area contributed by atoms with Crippen molar-refractivity contribution in [1.82, 2.24) is 10.6 Å². The lowest BCUT2D eigenvalue weighted by atomic mass is 10.1. The predicted octanol–water partition coefficient (Wildman–Crippen LogP) is 2.59. The average molecular weight is 373 g/mol. The summed E-state index contributed by atoms with van der Waals surface area (Å²) in [7, 11) is 8.23. The smallest absolute Gasteiger partial charge is 0.191 e. The molecule has 2 rings (SSSR count). The maximum absolute atomic E-state index is 5.48. The molecule has 0 amide bonds. The van der Waals surface area contributed by atoms with Gasteiger partial charge in [-0.3, -0.25) is 4.99 Å². The molecule has 2 N–H and O–H groups in total. The fourth-order valence-electron chi connectivity index (χ4n) is 2.57. The largest absolute Gasteiger partial charge is 0.497 e. The van der Waals surface area contributed by atoms with Crippen molar-refractivity contribution in [1.29, 1.82) is 0 Å². The van der Waals surface area contributed by atoms with Crippen LogP contribution in [0.5, 0.6) is 23.0 Å². The van der Waals surface area contributed by atoms with Gasteiger partial charge in [0.25, 0.3) is 0 Å². The Balaban J connectivity index is 2.02. The summed E-state index contributed by atoms with van der Waals surface area (Å²) in [5.74, 6) is 3.55. The Kier molecular flexibility index (Phi) is 7.61. The van der Waals surface area contributed by atoms with Crippen molar-refractivity contribution in [2.45, 2.75) is 13.1 Å². The van der Waals surface area contributed by atoms with Gasteiger partial charge in [0.05, 0.1) is 40.5 Å². The molecule has 0 saturated heterocycles. The first-order chi connectivity index (χ1) is 13.1. The molecule has 0 saturated carbocycles. The van der Waals surface area contributed by atoms with E-state index in [-0.39, 0.29) is 0 Å². The number of hydrogen-bond donors (Lipinski definition) is 2. The molecule has 2 aromatic rings. The van der Waals surface area contributed by atoms with E-state index in [1.165, 1.54) is 0 Å². The topological polar surface area (TPSA) is 73.3 Å². The Labute approximate surface area is 160 Å². The van der Waals surface area contributed by atoms with E-state index >= 15 is 0 Å². The van der Waals surface area contributed by atoms with Crippen LogP contribution in [0.3, 0.4) is 0 Å². The summed E-state index contributed by atoms with van der Waals surface area (Å²) in [6, 6.07) is 11.5. The molecule has 0 atom stereocenters. The Morgan fingerprint density at radius 3 is 1.81 bits per heavy atom. The Bertz CT molecular complexity index is 735. The Morgan fingerprint density at radius 2 is 1.33 bits per heavy atom. The molecule has 7 heteroatoms. The highest BCUT2D eigenvalue weighted by Crippen LogP contribution is 2.33. The van der Waals surface area contributed by atoms with Crippen molar-refractivity contribution in [2.24, 2.45) is 4.99 Å². The number of benzene rings is 2. The number of rotatable bonds is 8. The Morgan fingerprint density at radius 1 is 0.778 bits per heavy atom. The summed E-state index contributed by atoms with van der Waals surface area (Å²) in [5, 5.41) is 6.56. The first kappa shape index (κ1) is 20.2. The van der Waals surface area contributed by atoms with E-state index in [9.17, 15) is 0 Å². The SMILES string of the molecule is CN=C(NCc1ccc(OC)cc1)NCc1c(OC)cc(OC)cc1OC. The van der Waals surface area contributed by atoms with E-state index in [2.05, 4.69) is 15.6 Å². The zero-order valence-corrected chi connectivity index (χ0v) is 16.5. The molecule has 7 nitrogen and oxygen atoms in total. The van der Waals surface area contributed by atoms with E-state index < -0.39 is 0 Å². The van der Waals surface area contributed by atoms with Gasteiger partial charge in [-0.2, -0.15) is 0 Å². The summed E-state index contributed by atoms with van der Waals surface area (Å²) in [5.41, 5.74) is 2.01. The van der Waals surface area contributed by atoms with Crippen LogP contribution in [-0.4, -0.2) is 41.4 Å². The summed E-state index contributed by atoms with van der Waals surface area (Å²) in [4.78, 5) is 4.26. The number of guanidine groups is 1. The Hall–Kier alpha value is -3.09. The van der Waals surface area contributed by atoms with Crippen LogP contribution in [0.4, 0.5) is 0 Å². The van der Waals surface area contributed by atoms with Crippen molar-refractivity contribution in [3.8, 4) is 23.0 Å². The summed E-state index contributed by atoms with van der Waals surface area (Å²) < 4.78 is 21.4. The monoisotopic (exact) mass is 373 g/mol. The van der Waals surface area contributed by atoms with Gasteiger partial charge in [0, 0.05) is 25.7 Å². The van der Waals surface area contributed by atoms with Crippen molar-refractivity contribution in [3.63, 3.8) is 0 Å². The second-order valence-corrected chi connectivity index (χ2v) is 5.64. The lowest BCUT2D eigenvalue weighted by Gasteiger charge is -2.17.